The zero-order valence-corrected chi connectivity index (χ0v) is 19.2. The maximum Gasteiger partial charge on any atom is 0.435 e. The summed E-state index contributed by atoms with van der Waals surface area (Å²) in [6.45, 7) is -0.330. The third kappa shape index (κ3) is 5.33. The highest BCUT2D eigenvalue weighted by Crippen LogP contribution is 2.50. The van der Waals surface area contributed by atoms with Crippen LogP contribution in [0.15, 0.2) is 29.4 Å². The van der Waals surface area contributed by atoms with Crippen molar-refractivity contribution in [3.05, 3.63) is 55.2 Å². The Morgan fingerprint density at radius 1 is 1.21 bits per heavy atom. The van der Waals surface area contributed by atoms with Gasteiger partial charge < -0.3 is 10.2 Å². The topological polar surface area (TPSA) is 67.8 Å². The monoisotopic (exact) mass is 545 g/mol. The molecule has 183 valence electrons. The first-order valence-corrected chi connectivity index (χ1v) is 10.9. The van der Waals surface area contributed by atoms with Gasteiger partial charge in [-0.3, -0.25) is 9.59 Å². The molecule has 2 unspecified atom stereocenters. The Bertz CT molecular complexity index is 1130. The van der Waals surface area contributed by atoms with Crippen LogP contribution in [0.1, 0.15) is 40.1 Å². The van der Waals surface area contributed by atoms with Crippen LogP contribution in [0.2, 0.25) is 10.0 Å². The van der Waals surface area contributed by atoms with E-state index in [1.807, 2.05) is 0 Å². The van der Waals surface area contributed by atoms with Crippen LogP contribution >= 0.6 is 34.5 Å². The normalized spacial score (nSPS) is 19.4. The molecular weight excluding hydrogens is 533 g/mol. The smallest absolute Gasteiger partial charge is 0.374 e. The summed E-state index contributed by atoms with van der Waals surface area (Å²) in [7, 11) is 0. The van der Waals surface area contributed by atoms with E-state index in [1.165, 1.54) is 19.1 Å². The summed E-state index contributed by atoms with van der Waals surface area (Å²) in [5, 5.41) is 5.15. The Morgan fingerprint density at radius 2 is 1.82 bits per heavy atom. The average Bonchev–Trinajstić information content (AvgIpc) is 3.35. The fraction of sp³-hybridized carbons (Fsp3) is 0.350. The molecule has 0 saturated carbocycles. The van der Waals surface area contributed by atoms with E-state index in [4.69, 9.17) is 28.0 Å². The SMILES string of the molecule is CC(C(=O)NCC(F)(F)F)c1cc(C2=NOC(c3cc(Cl)cc(Cl)c3)(C(F)(F)F)C2)sc1[C]=O. The van der Waals surface area contributed by atoms with Gasteiger partial charge in [0.25, 0.3) is 5.60 Å². The van der Waals surface area contributed by atoms with Crippen molar-refractivity contribution in [3.8, 4) is 0 Å². The van der Waals surface area contributed by atoms with Gasteiger partial charge in [-0.25, -0.2) is 0 Å². The van der Waals surface area contributed by atoms with Gasteiger partial charge in [0.1, 0.15) is 12.3 Å². The predicted molar refractivity (Wildman–Crippen MR) is 113 cm³/mol. The molecule has 0 fully saturated rings. The van der Waals surface area contributed by atoms with Crippen molar-refractivity contribution in [3.63, 3.8) is 0 Å². The van der Waals surface area contributed by atoms with E-state index in [2.05, 4.69) is 5.16 Å². The Morgan fingerprint density at radius 3 is 2.35 bits per heavy atom. The molecule has 0 saturated heterocycles. The second-order valence-electron chi connectivity index (χ2n) is 7.34. The van der Waals surface area contributed by atoms with Crippen LogP contribution in [0.5, 0.6) is 0 Å². The molecule has 1 aromatic carbocycles. The number of alkyl halides is 6. The summed E-state index contributed by atoms with van der Waals surface area (Å²) in [5.74, 6) is -2.24. The van der Waals surface area contributed by atoms with Gasteiger partial charge in [0.2, 0.25) is 12.2 Å². The quantitative estimate of drug-likeness (QED) is 0.461. The minimum atomic E-state index is -4.95. The van der Waals surface area contributed by atoms with Gasteiger partial charge in [0.15, 0.2) is 0 Å². The lowest BCUT2D eigenvalue weighted by Crippen LogP contribution is -2.42. The second kappa shape index (κ2) is 9.38. The van der Waals surface area contributed by atoms with Gasteiger partial charge in [-0.2, -0.15) is 26.3 Å². The molecule has 1 aliphatic rings. The van der Waals surface area contributed by atoms with Crippen molar-refractivity contribution in [1.29, 1.82) is 0 Å². The number of hydrogen-bond donors (Lipinski definition) is 1. The zero-order chi connectivity index (χ0) is 25.5. The van der Waals surface area contributed by atoms with E-state index >= 15 is 0 Å². The van der Waals surface area contributed by atoms with Crippen molar-refractivity contribution in [2.24, 2.45) is 5.16 Å². The van der Waals surface area contributed by atoms with Crippen molar-refractivity contribution in [2.45, 2.75) is 37.2 Å². The van der Waals surface area contributed by atoms with Gasteiger partial charge in [0.05, 0.1) is 22.1 Å². The first-order chi connectivity index (χ1) is 15.7. The van der Waals surface area contributed by atoms with Crippen LogP contribution in [0.25, 0.3) is 0 Å². The van der Waals surface area contributed by atoms with Gasteiger partial charge >= 0.3 is 12.4 Å². The van der Waals surface area contributed by atoms with Crippen molar-refractivity contribution >= 4 is 52.4 Å². The summed E-state index contributed by atoms with van der Waals surface area (Å²) in [6, 6.07) is 4.53. The number of halogens is 8. The number of hydrogen-bond acceptors (Lipinski definition) is 5. The Labute approximate surface area is 202 Å². The number of rotatable bonds is 6. The fourth-order valence-electron chi connectivity index (χ4n) is 3.25. The fourth-order valence-corrected chi connectivity index (χ4v) is 4.81. The highest BCUT2D eigenvalue weighted by Gasteiger charge is 2.62. The molecule has 0 bridgehead atoms. The van der Waals surface area contributed by atoms with Crippen LogP contribution in [0.4, 0.5) is 26.3 Å². The molecule has 2 aromatic rings. The second-order valence-corrected chi connectivity index (χ2v) is 9.27. The van der Waals surface area contributed by atoms with Crippen LogP contribution in [-0.4, -0.2) is 36.8 Å². The summed E-state index contributed by atoms with van der Waals surface area (Å²) >= 11 is 12.4. The third-order valence-corrected chi connectivity index (χ3v) is 6.51. The lowest BCUT2D eigenvalue weighted by Gasteiger charge is -2.29. The number of carbonyl (C=O) groups excluding carboxylic acids is 2. The molecular formula is C20H13Cl2F6N2O3S. The molecule has 5 nitrogen and oxygen atoms in total. The molecule has 3 rings (SSSR count). The highest BCUT2D eigenvalue weighted by molar-refractivity contribution is 7.16. The van der Waals surface area contributed by atoms with Crippen LogP contribution in [0.3, 0.4) is 0 Å². The number of oxime groups is 1. The van der Waals surface area contributed by atoms with E-state index in [0.717, 1.165) is 12.1 Å². The van der Waals surface area contributed by atoms with Crippen molar-refractivity contribution < 1.29 is 40.8 Å². The molecule has 1 aliphatic heterocycles. The van der Waals surface area contributed by atoms with Gasteiger partial charge in [-0.15, -0.1) is 11.3 Å². The van der Waals surface area contributed by atoms with E-state index in [1.54, 1.807) is 11.6 Å². The van der Waals surface area contributed by atoms with Crippen LogP contribution < -0.4 is 5.32 Å². The molecule has 1 radical (unpaired) electrons. The Kier molecular flexibility index (Phi) is 7.26. The van der Waals surface area contributed by atoms with Gasteiger partial charge in [-0.1, -0.05) is 28.4 Å². The molecule has 14 heteroatoms. The predicted octanol–water partition coefficient (Wildman–Crippen LogP) is 5.88. The van der Waals surface area contributed by atoms with Crippen LogP contribution in [0, 0.1) is 0 Å². The lowest BCUT2D eigenvalue weighted by atomic mass is 9.87. The maximum absolute atomic E-state index is 14.1. The van der Waals surface area contributed by atoms with Crippen molar-refractivity contribution in [1.82, 2.24) is 5.32 Å². The largest absolute Gasteiger partial charge is 0.435 e. The lowest BCUT2D eigenvalue weighted by molar-refractivity contribution is -0.275. The molecule has 1 aromatic heterocycles. The summed E-state index contributed by atoms with van der Waals surface area (Å²) in [6.07, 6.45) is -8.84. The average molecular weight is 546 g/mol. The molecule has 0 aliphatic carbocycles. The molecule has 0 spiro atoms. The van der Waals surface area contributed by atoms with E-state index in [0.29, 0.717) is 11.3 Å². The number of nitrogens with one attached hydrogen (secondary N) is 1. The summed E-state index contributed by atoms with van der Waals surface area (Å²) < 4.78 is 79.5. The number of carbonyl (C=O) groups is 1. The molecule has 2 atom stereocenters. The number of benzene rings is 1. The standard InChI is InChI=1S/C20H13Cl2F6N2O3S/c1-9(17(32)29-8-19(23,24)25)13-5-15(34-16(13)7-31)14-6-18(33-30-14,20(26,27)28)10-2-11(21)4-12(22)3-10/h2-5,9H,6,8H2,1H3,(H,29,32). The molecule has 1 N–H and O–H groups in total. The Hall–Kier alpha value is -2.31. The highest BCUT2D eigenvalue weighted by atomic mass is 35.5. The van der Waals surface area contributed by atoms with Gasteiger partial charge in [-0.05, 0) is 36.8 Å². The first-order valence-electron chi connectivity index (χ1n) is 9.32. The van der Waals surface area contributed by atoms with Crippen molar-refractivity contribution in [2.75, 3.05) is 6.54 Å². The number of nitrogens with zero attached hydrogens (tertiary/aromatic N) is 1. The van der Waals surface area contributed by atoms with E-state index < -0.39 is 48.3 Å². The van der Waals surface area contributed by atoms with Crippen LogP contribution in [-0.2, 0) is 20.0 Å². The third-order valence-electron chi connectivity index (χ3n) is 4.98. The summed E-state index contributed by atoms with van der Waals surface area (Å²) in [4.78, 5) is 28.3. The zero-order valence-electron chi connectivity index (χ0n) is 16.9. The molecule has 34 heavy (non-hydrogen) atoms. The molecule has 2 heterocycles. The maximum atomic E-state index is 14.1. The minimum Gasteiger partial charge on any atom is -0.374 e. The summed E-state index contributed by atoms with van der Waals surface area (Å²) in [5.41, 5.74) is -3.51. The minimum absolute atomic E-state index is 0.00677. The van der Waals surface area contributed by atoms with E-state index in [9.17, 15) is 35.9 Å². The van der Waals surface area contributed by atoms with Gasteiger partial charge in [0, 0.05) is 15.6 Å². The van der Waals surface area contributed by atoms with E-state index in [-0.39, 0.29) is 31.1 Å². The molecule has 1 amide bonds. The first kappa shape index (κ1) is 26.3. The number of amides is 1. The Balaban J connectivity index is 1.92. The number of thiophene rings is 1.